The van der Waals surface area contributed by atoms with E-state index in [0.29, 0.717) is 33.8 Å². The van der Waals surface area contributed by atoms with E-state index in [0.717, 1.165) is 0 Å². The summed E-state index contributed by atoms with van der Waals surface area (Å²) in [5.41, 5.74) is 4.12. The largest absolute Gasteiger partial charge is 0.507 e. The maximum Gasteiger partial charge on any atom is 0.271 e. The number of fused-ring (bicyclic) bond motifs is 1. The molecule has 1 amide bonds. The van der Waals surface area contributed by atoms with Gasteiger partial charge in [-0.15, -0.1) is 0 Å². The fourth-order valence-electron chi connectivity index (χ4n) is 2.75. The number of aromatic hydroxyl groups is 1. The molecule has 0 saturated heterocycles. The normalized spacial score (nSPS) is 18.0. The lowest BCUT2D eigenvalue weighted by Crippen LogP contribution is -2.19. The quantitative estimate of drug-likeness (QED) is 0.821. The van der Waals surface area contributed by atoms with Crippen molar-refractivity contribution in [1.82, 2.24) is 5.43 Å². The molecule has 0 heterocycles. The highest BCUT2D eigenvalue weighted by Gasteiger charge is 2.30. The van der Waals surface area contributed by atoms with Crippen LogP contribution in [0.2, 0.25) is 5.02 Å². The summed E-state index contributed by atoms with van der Waals surface area (Å²) in [7, 11) is 0. The number of phenols is 1. The molecule has 0 fully saturated rings. The third kappa shape index (κ3) is 2.92. The fraction of sp³-hybridized carbons (Fsp3) is 0.176. The molecule has 2 N–H and O–H groups in total. The monoisotopic (exact) mass is 332 g/mol. The van der Waals surface area contributed by atoms with E-state index in [2.05, 4.69) is 10.5 Å². The summed E-state index contributed by atoms with van der Waals surface area (Å²) in [6.45, 7) is 1.85. The van der Waals surface area contributed by atoms with E-state index >= 15 is 0 Å². The molecule has 0 spiro atoms. The Hall–Kier alpha value is -2.40. The van der Waals surface area contributed by atoms with Crippen LogP contribution in [0.1, 0.15) is 40.7 Å². The second-order valence-corrected chi connectivity index (χ2v) is 5.90. The second kappa shape index (κ2) is 6.01. The van der Waals surface area contributed by atoms with E-state index < -0.39 is 5.91 Å². The van der Waals surface area contributed by atoms with Crippen molar-refractivity contribution in [1.29, 1.82) is 0 Å². The summed E-state index contributed by atoms with van der Waals surface area (Å²) < 4.78 is 13.9. The van der Waals surface area contributed by atoms with Crippen LogP contribution in [0.4, 0.5) is 4.39 Å². The number of amides is 1. The second-order valence-electron chi connectivity index (χ2n) is 5.47. The number of carbonyl (C=O) groups excluding carboxylic acids is 1. The molecule has 2 aromatic rings. The molecule has 0 bridgehead atoms. The number of rotatable bonds is 2. The third-order valence-corrected chi connectivity index (χ3v) is 4.10. The number of nitrogens with one attached hydrogen (secondary N) is 1. The molecule has 0 aromatic heterocycles. The van der Waals surface area contributed by atoms with Crippen LogP contribution >= 0.6 is 11.6 Å². The van der Waals surface area contributed by atoms with Crippen molar-refractivity contribution in [3.8, 4) is 5.75 Å². The number of halogens is 2. The van der Waals surface area contributed by atoms with Crippen molar-refractivity contribution in [2.24, 2.45) is 5.10 Å². The van der Waals surface area contributed by atoms with E-state index in [9.17, 15) is 14.3 Å². The van der Waals surface area contributed by atoms with Crippen LogP contribution in [0.15, 0.2) is 41.5 Å². The highest BCUT2D eigenvalue weighted by atomic mass is 35.5. The van der Waals surface area contributed by atoms with Crippen LogP contribution in [0, 0.1) is 5.82 Å². The van der Waals surface area contributed by atoms with Gasteiger partial charge in [0.05, 0.1) is 5.71 Å². The summed E-state index contributed by atoms with van der Waals surface area (Å²) in [6.07, 6.45) is 0.449. The molecule has 0 radical (unpaired) electrons. The van der Waals surface area contributed by atoms with E-state index in [1.54, 1.807) is 24.3 Å². The first-order chi connectivity index (χ1) is 11.0. The van der Waals surface area contributed by atoms with Gasteiger partial charge in [-0.3, -0.25) is 4.79 Å². The highest BCUT2D eigenvalue weighted by molar-refractivity contribution is 6.30. The summed E-state index contributed by atoms with van der Waals surface area (Å²) in [6, 6.07) is 8.92. The molecular weight excluding hydrogens is 319 g/mol. The van der Waals surface area contributed by atoms with E-state index in [-0.39, 0.29) is 17.5 Å². The Morgan fingerprint density at radius 1 is 1.30 bits per heavy atom. The molecule has 1 aliphatic carbocycles. The van der Waals surface area contributed by atoms with Gasteiger partial charge in [-0.05, 0) is 48.7 Å². The van der Waals surface area contributed by atoms with Gasteiger partial charge in [0.25, 0.3) is 5.91 Å². The summed E-state index contributed by atoms with van der Waals surface area (Å²) in [4.78, 5) is 12.1. The Balaban J connectivity index is 1.87. The minimum atomic E-state index is -0.397. The van der Waals surface area contributed by atoms with Crippen molar-refractivity contribution < 1.29 is 14.3 Å². The van der Waals surface area contributed by atoms with Gasteiger partial charge in [0.1, 0.15) is 11.6 Å². The van der Waals surface area contributed by atoms with Crippen LogP contribution in [-0.2, 0) is 0 Å². The first-order valence-corrected chi connectivity index (χ1v) is 7.49. The van der Waals surface area contributed by atoms with Gasteiger partial charge in [-0.2, -0.15) is 5.10 Å². The zero-order chi connectivity index (χ0) is 16.6. The number of benzene rings is 2. The fourth-order valence-corrected chi connectivity index (χ4v) is 2.87. The average Bonchev–Trinajstić information content (AvgIpc) is 2.87. The van der Waals surface area contributed by atoms with Crippen LogP contribution in [-0.4, -0.2) is 16.7 Å². The predicted octanol–water partition coefficient (Wildman–Crippen LogP) is 3.83. The molecule has 3 rings (SSSR count). The molecule has 1 atom stereocenters. The molecule has 23 heavy (non-hydrogen) atoms. The van der Waals surface area contributed by atoms with Crippen molar-refractivity contribution in [3.63, 3.8) is 0 Å². The lowest BCUT2D eigenvalue weighted by molar-refractivity contribution is 0.0954. The van der Waals surface area contributed by atoms with Gasteiger partial charge in [0, 0.05) is 21.7 Å². The highest BCUT2D eigenvalue weighted by Crippen LogP contribution is 2.39. The van der Waals surface area contributed by atoms with Crippen LogP contribution < -0.4 is 5.43 Å². The first kappa shape index (κ1) is 15.5. The van der Waals surface area contributed by atoms with Crippen molar-refractivity contribution in [2.45, 2.75) is 19.3 Å². The Kier molecular flexibility index (Phi) is 4.05. The van der Waals surface area contributed by atoms with Gasteiger partial charge in [-0.25, -0.2) is 9.82 Å². The zero-order valence-electron chi connectivity index (χ0n) is 12.3. The Labute approximate surface area is 137 Å². The zero-order valence-corrected chi connectivity index (χ0v) is 13.1. The molecule has 2 aromatic carbocycles. The van der Waals surface area contributed by atoms with Gasteiger partial charge in [-0.1, -0.05) is 18.5 Å². The molecule has 6 heteroatoms. The number of nitrogens with zero attached hydrogens (tertiary/aromatic N) is 1. The number of hydrazone groups is 1. The standard InChI is InChI=1S/C17H14ClFN2O2/c1-9-8-13(16-14(22)7-6-12(19)15(9)16)20-21-17(23)10-2-4-11(18)5-3-10/h2-7,9,22H,8H2,1H3,(H,21,23)/b20-13+/t9-/m1/s1. The molecular formula is C17H14ClFN2O2. The lowest BCUT2D eigenvalue weighted by atomic mass is 10.0. The maximum atomic E-state index is 13.9. The molecule has 0 aliphatic heterocycles. The Morgan fingerprint density at radius 3 is 2.70 bits per heavy atom. The molecule has 118 valence electrons. The minimum absolute atomic E-state index is 0.0368. The molecule has 0 unspecified atom stereocenters. The molecule has 4 nitrogen and oxygen atoms in total. The maximum absolute atomic E-state index is 13.9. The smallest absolute Gasteiger partial charge is 0.271 e. The summed E-state index contributed by atoms with van der Waals surface area (Å²) in [5, 5.41) is 14.6. The molecule has 0 saturated carbocycles. The lowest BCUT2D eigenvalue weighted by Gasteiger charge is -2.06. The summed E-state index contributed by atoms with van der Waals surface area (Å²) in [5.74, 6) is -0.917. The van der Waals surface area contributed by atoms with Crippen LogP contribution in [0.5, 0.6) is 5.75 Å². The number of carbonyl (C=O) groups is 1. The Morgan fingerprint density at radius 2 is 2.00 bits per heavy atom. The van der Waals surface area contributed by atoms with Gasteiger partial charge in [0.15, 0.2) is 0 Å². The van der Waals surface area contributed by atoms with Gasteiger partial charge >= 0.3 is 0 Å². The van der Waals surface area contributed by atoms with Gasteiger partial charge < -0.3 is 5.11 Å². The van der Waals surface area contributed by atoms with Crippen molar-refractivity contribution in [3.05, 3.63) is 63.9 Å². The predicted molar refractivity (Wildman–Crippen MR) is 86.6 cm³/mol. The Bertz CT molecular complexity index is 803. The third-order valence-electron chi connectivity index (χ3n) is 3.85. The molecule has 1 aliphatic rings. The number of hydrogen-bond acceptors (Lipinski definition) is 3. The van der Waals surface area contributed by atoms with Crippen LogP contribution in [0.3, 0.4) is 0 Å². The summed E-state index contributed by atoms with van der Waals surface area (Å²) >= 11 is 5.78. The van der Waals surface area contributed by atoms with E-state index in [4.69, 9.17) is 11.6 Å². The van der Waals surface area contributed by atoms with Crippen molar-refractivity contribution in [2.75, 3.05) is 0 Å². The van der Waals surface area contributed by atoms with E-state index in [1.165, 1.54) is 12.1 Å². The van der Waals surface area contributed by atoms with Gasteiger partial charge in [0.2, 0.25) is 0 Å². The number of hydrogen-bond donors (Lipinski definition) is 2. The van der Waals surface area contributed by atoms with Crippen LogP contribution in [0.25, 0.3) is 0 Å². The van der Waals surface area contributed by atoms with E-state index in [1.807, 2.05) is 6.92 Å². The first-order valence-electron chi connectivity index (χ1n) is 7.11. The van der Waals surface area contributed by atoms with Crippen molar-refractivity contribution >= 4 is 23.2 Å². The topological polar surface area (TPSA) is 61.7 Å². The SMILES string of the molecule is C[C@@H]1C/C(=N\NC(=O)c2ccc(Cl)cc2)c2c(O)ccc(F)c21. The number of phenolic OH excluding ortho intramolecular Hbond substituents is 1. The minimum Gasteiger partial charge on any atom is -0.507 e. The average molecular weight is 333 g/mol.